The fraction of sp³-hybridized carbons (Fsp3) is 0.125. The molecule has 7 heteroatoms. The smallest absolute Gasteiger partial charge is 0.348 e. The van der Waals surface area contributed by atoms with E-state index in [-0.39, 0.29) is 23.4 Å². The van der Waals surface area contributed by atoms with Crippen LogP contribution in [-0.4, -0.2) is 17.2 Å². The summed E-state index contributed by atoms with van der Waals surface area (Å²) in [5.41, 5.74) is -0.161. The minimum absolute atomic E-state index is 0.0349. The van der Waals surface area contributed by atoms with Crippen LogP contribution < -0.4 is 5.32 Å². The lowest BCUT2D eigenvalue weighted by molar-refractivity contribution is -0.137. The molecule has 0 aromatic heterocycles. The molecule has 0 unspecified atom stereocenters. The topological polar surface area (TPSA) is 24.4 Å². The first-order valence-corrected chi connectivity index (χ1v) is 7.08. The van der Waals surface area contributed by atoms with E-state index in [9.17, 15) is 17.6 Å². The zero-order chi connectivity index (χ0) is 16.6. The number of alkyl halides is 3. The third-order valence-electron chi connectivity index (χ3n) is 3.38. The summed E-state index contributed by atoms with van der Waals surface area (Å²) in [6.45, 7) is 0.0349. The number of aliphatic imine (C=N–C) groups is 1. The van der Waals surface area contributed by atoms with Crippen LogP contribution in [0.3, 0.4) is 0 Å². The molecule has 0 atom stereocenters. The van der Waals surface area contributed by atoms with Gasteiger partial charge in [-0.3, -0.25) is 4.99 Å². The Balaban J connectivity index is 2.25. The summed E-state index contributed by atoms with van der Waals surface area (Å²) < 4.78 is 53.4. The SMILES string of the molecule is Fc1ccc2c(c1)C(c1ccccc1C(F)(F)F)=NCC(=S)N2. The van der Waals surface area contributed by atoms with Crippen molar-refractivity contribution in [3.05, 3.63) is 65.0 Å². The van der Waals surface area contributed by atoms with Gasteiger partial charge in [0, 0.05) is 16.8 Å². The quantitative estimate of drug-likeness (QED) is 0.614. The third kappa shape index (κ3) is 3.10. The maximum absolute atomic E-state index is 13.6. The Morgan fingerprint density at radius 2 is 1.78 bits per heavy atom. The molecule has 0 radical (unpaired) electrons. The largest absolute Gasteiger partial charge is 0.417 e. The standard InChI is InChI=1S/C16H10F4N2S/c17-9-5-6-13-11(7-9)15(21-8-14(23)22-13)10-3-1-2-4-12(10)16(18,19)20/h1-7H,8H2,(H,22,23). The van der Waals surface area contributed by atoms with Gasteiger partial charge in [-0.15, -0.1) is 0 Å². The van der Waals surface area contributed by atoms with E-state index in [0.717, 1.165) is 12.1 Å². The van der Waals surface area contributed by atoms with Crippen LogP contribution in [0.5, 0.6) is 0 Å². The minimum atomic E-state index is -4.53. The molecular formula is C16H10F4N2S. The molecule has 2 nitrogen and oxygen atoms in total. The maximum atomic E-state index is 13.6. The van der Waals surface area contributed by atoms with Gasteiger partial charge in [0.25, 0.3) is 0 Å². The lowest BCUT2D eigenvalue weighted by Gasteiger charge is -2.15. The molecule has 0 spiro atoms. The molecule has 1 heterocycles. The molecule has 0 bridgehead atoms. The highest BCUT2D eigenvalue weighted by molar-refractivity contribution is 7.80. The summed E-state index contributed by atoms with van der Waals surface area (Å²) in [4.78, 5) is 4.54. The summed E-state index contributed by atoms with van der Waals surface area (Å²) in [5.74, 6) is -0.560. The van der Waals surface area contributed by atoms with E-state index in [0.29, 0.717) is 10.7 Å². The Morgan fingerprint density at radius 1 is 1.04 bits per heavy atom. The number of fused-ring (bicyclic) bond motifs is 1. The number of anilines is 1. The van der Waals surface area contributed by atoms with E-state index in [4.69, 9.17) is 12.2 Å². The van der Waals surface area contributed by atoms with E-state index >= 15 is 0 Å². The van der Waals surface area contributed by atoms with Gasteiger partial charge in [-0.25, -0.2) is 4.39 Å². The Bertz CT molecular complexity index is 812. The van der Waals surface area contributed by atoms with Crippen LogP contribution in [0.1, 0.15) is 16.7 Å². The molecule has 0 saturated heterocycles. The van der Waals surface area contributed by atoms with Gasteiger partial charge >= 0.3 is 6.18 Å². The van der Waals surface area contributed by atoms with Crippen LogP contribution in [0.25, 0.3) is 0 Å². The van der Waals surface area contributed by atoms with Crippen molar-refractivity contribution in [1.82, 2.24) is 0 Å². The normalized spacial score (nSPS) is 14.6. The number of benzene rings is 2. The number of nitrogens with one attached hydrogen (secondary N) is 1. The molecule has 0 aliphatic carbocycles. The Labute approximate surface area is 134 Å². The maximum Gasteiger partial charge on any atom is 0.417 e. The molecule has 0 fully saturated rings. The lowest BCUT2D eigenvalue weighted by Crippen LogP contribution is -2.15. The third-order valence-corrected chi connectivity index (χ3v) is 3.61. The number of hydrogen-bond acceptors (Lipinski definition) is 2. The molecule has 1 N–H and O–H groups in total. The molecule has 0 amide bonds. The number of halogens is 4. The number of nitrogens with zero attached hydrogens (tertiary/aromatic N) is 1. The Kier molecular flexibility index (Phi) is 3.89. The van der Waals surface area contributed by atoms with Crippen molar-refractivity contribution in [2.24, 2.45) is 4.99 Å². The fourth-order valence-corrected chi connectivity index (χ4v) is 2.59. The molecule has 3 rings (SSSR count). The van der Waals surface area contributed by atoms with E-state index in [1.807, 2.05) is 0 Å². The van der Waals surface area contributed by atoms with Crippen LogP contribution in [-0.2, 0) is 6.18 Å². The molecule has 118 valence electrons. The fourth-order valence-electron chi connectivity index (χ4n) is 2.41. The molecule has 1 aliphatic heterocycles. The minimum Gasteiger partial charge on any atom is -0.348 e. The predicted molar refractivity (Wildman–Crippen MR) is 84.6 cm³/mol. The summed E-state index contributed by atoms with van der Waals surface area (Å²) in [6, 6.07) is 8.91. The van der Waals surface area contributed by atoms with Crippen molar-refractivity contribution in [2.45, 2.75) is 6.18 Å². The average molecular weight is 338 g/mol. The summed E-state index contributed by atoms with van der Waals surface area (Å²) in [6.07, 6.45) is -4.53. The summed E-state index contributed by atoms with van der Waals surface area (Å²) >= 11 is 5.08. The van der Waals surface area contributed by atoms with E-state index in [2.05, 4.69) is 10.3 Å². The zero-order valence-electron chi connectivity index (χ0n) is 11.6. The van der Waals surface area contributed by atoms with Gasteiger partial charge in [-0.05, 0) is 24.3 Å². The number of rotatable bonds is 1. The van der Waals surface area contributed by atoms with Crippen molar-refractivity contribution in [3.63, 3.8) is 0 Å². The Morgan fingerprint density at radius 3 is 2.52 bits per heavy atom. The van der Waals surface area contributed by atoms with Crippen LogP contribution in [0.2, 0.25) is 0 Å². The lowest BCUT2D eigenvalue weighted by atomic mass is 9.96. The van der Waals surface area contributed by atoms with E-state index in [1.165, 1.54) is 30.3 Å². The first-order valence-electron chi connectivity index (χ1n) is 6.67. The number of benzodiazepines with no additional fused rings is 1. The van der Waals surface area contributed by atoms with Gasteiger partial charge in [-0.1, -0.05) is 30.4 Å². The first-order chi connectivity index (χ1) is 10.9. The van der Waals surface area contributed by atoms with Gasteiger partial charge < -0.3 is 5.32 Å². The summed E-state index contributed by atoms with van der Waals surface area (Å²) in [7, 11) is 0. The van der Waals surface area contributed by atoms with Crippen LogP contribution in [0, 0.1) is 5.82 Å². The number of hydrogen-bond donors (Lipinski definition) is 1. The van der Waals surface area contributed by atoms with Crippen molar-refractivity contribution < 1.29 is 17.6 Å². The number of thiocarbonyl (C=S) groups is 1. The predicted octanol–water partition coefficient (Wildman–Crippen LogP) is 4.43. The van der Waals surface area contributed by atoms with Crippen LogP contribution in [0.4, 0.5) is 23.2 Å². The second-order valence-electron chi connectivity index (χ2n) is 4.95. The second-order valence-corrected chi connectivity index (χ2v) is 5.44. The molecule has 1 aliphatic rings. The Hall–Kier alpha value is -2.28. The van der Waals surface area contributed by atoms with Crippen molar-refractivity contribution >= 4 is 28.6 Å². The molecular weight excluding hydrogens is 328 g/mol. The van der Waals surface area contributed by atoms with E-state index in [1.54, 1.807) is 0 Å². The van der Waals surface area contributed by atoms with Crippen LogP contribution in [0.15, 0.2) is 47.5 Å². The monoisotopic (exact) mass is 338 g/mol. The van der Waals surface area contributed by atoms with Gasteiger partial charge in [0.15, 0.2) is 0 Å². The zero-order valence-corrected chi connectivity index (χ0v) is 12.4. The molecule has 0 saturated carbocycles. The van der Waals surface area contributed by atoms with Crippen LogP contribution >= 0.6 is 12.2 Å². The van der Waals surface area contributed by atoms with Gasteiger partial charge in [0.1, 0.15) is 10.8 Å². The van der Waals surface area contributed by atoms with Gasteiger partial charge in [-0.2, -0.15) is 13.2 Å². The second kappa shape index (κ2) is 5.73. The van der Waals surface area contributed by atoms with Gasteiger partial charge in [0.2, 0.25) is 0 Å². The van der Waals surface area contributed by atoms with Crippen molar-refractivity contribution in [2.75, 3.05) is 11.9 Å². The van der Waals surface area contributed by atoms with Crippen molar-refractivity contribution in [1.29, 1.82) is 0 Å². The highest BCUT2D eigenvalue weighted by Gasteiger charge is 2.35. The molecule has 23 heavy (non-hydrogen) atoms. The average Bonchev–Trinajstić information content (AvgIpc) is 2.65. The summed E-state index contributed by atoms with van der Waals surface area (Å²) in [5, 5.41) is 2.88. The first kappa shape index (κ1) is 15.6. The van der Waals surface area contributed by atoms with E-state index < -0.39 is 17.6 Å². The highest BCUT2D eigenvalue weighted by Crippen LogP contribution is 2.34. The molecule has 2 aromatic carbocycles. The molecule has 2 aromatic rings. The van der Waals surface area contributed by atoms with Gasteiger partial charge in [0.05, 0.1) is 17.8 Å². The highest BCUT2D eigenvalue weighted by atomic mass is 32.1. The van der Waals surface area contributed by atoms with Crippen molar-refractivity contribution in [3.8, 4) is 0 Å².